The number of ether oxygens (including phenoxy) is 1. The molecule has 0 saturated heterocycles. The summed E-state index contributed by atoms with van der Waals surface area (Å²) in [7, 11) is 0. The van der Waals surface area contributed by atoms with E-state index < -0.39 is 5.82 Å². The number of rotatable bonds is 7. The molecule has 1 aromatic carbocycles. The zero-order valence-electron chi connectivity index (χ0n) is 11.0. The van der Waals surface area contributed by atoms with Gasteiger partial charge in [0.25, 0.3) is 5.91 Å². The molecule has 1 amide bonds. The van der Waals surface area contributed by atoms with Crippen LogP contribution in [0, 0.1) is 12.7 Å². The highest BCUT2D eigenvalue weighted by Gasteiger charge is 2.11. The number of halogens is 1. The minimum atomic E-state index is -0.447. The van der Waals surface area contributed by atoms with Crippen molar-refractivity contribution in [3.05, 3.63) is 35.1 Å². The molecule has 0 radical (unpaired) electrons. The molecule has 0 fully saturated rings. The highest BCUT2D eigenvalue weighted by atomic mass is 19.1. The van der Waals surface area contributed by atoms with E-state index in [0.29, 0.717) is 18.7 Å². The van der Waals surface area contributed by atoms with Crippen LogP contribution in [0.25, 0.3) is 0 Å². The molecule has 0 unspecified atom stereocenters. The summed E-state index contributed by atoms with van der Waals surface area (Å²) in [6.45, 7) is 5.54. The van der Waals surface area contributed by atoms with Crippen molar-refractivity contribution in [2.24, 2.45) is 0 Å². The van der Waals surface area contributed by atoms with E-state index in [4.69, 9.17) is 4.74 Å². The van der Waals surface area contributed by atoms with Crippen LogP contribution in [0.5, 0.6) is 0 Å². The van der Waals surface area contributed by atoms with E-state index in [2.05, 4.69) is 5.32 Å². The van der Waals surface area contributed by atoms with Gasteiger partial charge in [0.05, 0.1) is 5.56 Å². The molecule has 0 aliphatic rings. The summed E-state index contributed by atoms with van der Waals surface area (Å²) >= 11 is 0. The minimum absolute atomic E-state index is 0.101. The van der Waals surface area contributed by atoms with E-state index in [1.165, 1.54) is 6.07 Å². The zero-order chi connectivity index (χ0) is 13.4. The smallest absolute Gasteiger partial charge is 0.254 e. The lowest BCUT2D eigenvalue weighted by atomic mass is 10.1. The molecule has 1 aromatic rings. The Hall–Kier alpha value is -1.42. The second-order valence-electron chi connectivity index (χ2n) is 4.16. The maximum Gasteiger partial charge on any atom is 0.254 e. The molecule has 1 N–H and O–H groups in total. The molecule has 4 heteroatoms. The van der Waals surface area contributed by atoms with Crippen molar-refractivity contribution in [3.63, 3.8) is 0 Å². The van der Waals surface area contributed by atoms with E-state index in [1.54, 1.807) is 19.1 Å². The first-order valence-electron chi connectivity index (χ1n) is 6.28. The van der Waals surface area contributed by atoms with E-state index in [1.807, 2.05) is 6.92 Å². The lowest BCUT2D eigenvalue weighted by molar-refractivity contribution is 0.0937. The summed E-state index contributed by atoms with van der Waals surface area (Å²) < 4.78 is 18.9. The number of hydrogen-bond donors (Lipinski definition) is 1. The Kier molecular flexibility index (Phi) is 6.36. The van der Waals surface area contributed by atoms with Gasteiger partial charge in [0, 0.05) is 19.8 Å². The zero-order valence-corrected chi connectivity index (χ0v) is 11.0. The van der Waals surface area contributed by atoms with Gasteiger partial charge in [0.2, 0.25) is 0 Å². The third kappa shape index (κ3) is 4.45. The average Bonchev–Trinajstić information content (AvgIpc) is 2.36. The monoisotopic (exact) mass is 253 g/mol. The highest BCUT2D eigenvalue weighted by Crippen LogP contribution is 2.11. The molecule has 0 heterocycles. The second-order valence-corrected chi connectivity index (χ2v) is 4.16. The van der Waals surface area contributed by atoms with Gasteiger partial charge in [-0.2, -0.15) is 0 Å². The van der Waals surface area contributed by atoms with Crippen molar-refractivity contribution in [3.8, 4) is 0 Å². The summed E-state index contributed by atoms with van der Waals surface area (Å²) in [5, 5.41) is 2.68. The van der Waals surface area contributed by atoms with Gasteiger partial charge in [-0.15, -0.1) is 0 Å². The number of amides is 1. The Labute approximate surface area is 107 Å². The second kappa shape index (κ2) is 7.82. The van der Waals surface area contributed by atoms with Crippen molar-refractivity contribution in [2.45, 2.75) is 26.7 Å². The Balaban J connectivity index is 2.35. The van der Waals surface area contributed by atoms with Gasteiger partial charge in [-0.25, -0.2) is 4.39 Å². The summed E-state index contributed by atoms with van der Waals surface area (Å²) in [4.78, 5) is 11.7. The van der Waals surface area contributed by atoms with Crippen molar-refractivity contribution in [1.29, 1.82) is 0 Å². The summed E-state index contributed by atoms with van der Waals surface area (Å²) in [5.74, 6) is -0.816. The fraction of sp³-hybridized carbons (Fsp3) is 0.500. The van der Waals surface area contributed by atoms with E-state index in [0.717, 1.165) is 19.4 Å². The van der Waals surface area contributed by atoms with Gasteiger partial charge in [-0.05, 0) is 31.4 Å². The van der Waals surface area contributed by atoms with E-state index in [9.17, 15) is 9.18 Å². The van der Waals surface area contributed by atoms with Gasteiger partial charge < -0.3 is 10.1 Å². The van der Waals surface area contributed by atoms with Gasteiger partial charge in [0.15, 0.2) is 0 Å². The normalized spacial score (nSPS) is 10.4. The molecule has 18 heavy (non-hydrogen) atoms. The van der Waals surface area contributed by atoms with Crippen LogP contribution in [-0.4, -0.2) is 25.7 Å². The van der Waals surface area contributed by atoms with E-state index in [-0.39, 0.29) is 11.5 Å². The highest BCUT2D eigenvalue weighted by molar-refractivity contribution is 5.94. The van der Waals surface area contributed by atoms with Crippen LogP contribution in [-0.2, 0) is 4.74 Å². The fourth-order valence-electron chi connectivity index (χ4n) is 1.54. The molecule has 0 aromatic heterocycles. The minimum Gasteiger partial charge on any atom is -0.381 e. The third-order valence-electron chi connectivity index (χ3n) is 2.54. The van der Waals surface area contributed by atoms with Gasteiger partial charge in [-0.1, -0.05) is 19.1 Å². The Morgan fingerprint density at radius 3 is 2.89 bits per heavy atom. The molecule has 0 spiro atoms. The number of hydrogen-bond acceptors (Lipinski definition) is 2. The van der Waals surface area contributed by atoms with Crippen LogP contribution in [0.15, 0.2) is 18.2 Å². The Morgan fingerprint density at radius 2 is 2.17 bits per heavy atom. The molecule has 0 aliphatic heterocycles. The fourth-order valence-corrected chi connectivity index (χ4v) is 1.54. The maximum absolute atomic E-state index is 13.6. The number of nitrogens with one attached hydrogen (secondary N) is 1. The molecule has 0 saturated carbocycles. The predicted molar refractivity (Wildman–Crippen MR) is 69.2 cm³/mol. The molecule has 1 rings (SSSR count). The number of carbonyl (C=O) groups excluding carboxylic acids is 1. The maximum atomic E-state index is 13.6. The first-order valence-corrected chi connectivity index (χ1v) is 6.28. The summed E-state index contributed by atoms with van der Waals surface area (Å²) in [6, 6.07) is 4.81. The van der Waals surface area contributed by atoms with Crippen molar-refractivity contribution < 1.29 is 13.9 Å². The third-order valence-corrected chi connectivity index (χ3v) is 2.54. The standard InChI is InChI=1S/C14H20FNO2/c1-3-9-18-10-5-8-16-14(17)12-7-4-6-11(2)13(12)15/h4,6-7H,3,5,8-10H2,1-2H3,(H,16,17). The van der Waals surface area contributed by atoms with Gasteiger partial charge >= 0.3 is 0 Å². The first kappa shape index (κ1) is 14.6. The van der Waals surface area contributed by atoms with Crippen LogP contribution in [0.2, 0.25) is 0 Å². The molecular formula is C14H20FNO2. The molecule has 3 nitrogen and oxygen atoms in total. The number of aryl methyl sites for hydroxylation is 1. The van der Waals surface area contributed by atoms with E-state index >= 15 is 0 Å². The number of carbonyl (C=O) groups is 1. The van der Waals surface area contributed by atoms with Crippen LogP contribution >= 0.6 is 0 Å². The van der Waals surface area contributed by atoms with Gasteiger partial charge in [0.1, 0.15) is 5.82 Å². The van der Waals surface area contributed by atoms with Crippen LogP contribution in [0.3, 0.4) is 0 Å². The summed E-state index contributed by atoms with van der Waals surface area (Å²) in [5.41, 5.74) is 0.582. The van der Waals surface area contributed by atoms with Crippen molar-refractivity contribution in [2.75, 3.05) is 19.8 Å². The summed E-state index contributed by atoms with van der Waals surface area (Å²) in [6.07, 6.45) is 1.72. The van der Waals surface area contributed by atoms with Crippen LogP contribution in [0.1, 0.15) is 35.7 Å². The van der Waals surface area contributed by atoms with Crippen molar-refractivity contribution >= 4 is 5.91 Å². The quantitative estimate of drug-likeness (QED) is 0.759. The largest absolute Gasteiger partial charge is 0.381 e. The predicted octanol–water partition coefficient (Wildman–Crippen LogP) is 2.68. The molecule has 0 aliphatic carbocycles. The van der Waals surface area contributed by atoms with Gasteiger partial charge in [-0.3, -0.25) is 4.79 Å². The molecular weight excluding hydrogens is 233 g/mol. The van der Waals surface area contributed by atoms with Crippen LogP contribution < -0.4 is 5.32 Å². The molecule has 0 bridgehead atoms. The first-order chi connectivity index (χ1) is 8.66. The average molecular weight is 253 g/mol. The lowest BCUT2D eigenvalue weighted by Gasteiger charge is -2.07. The SMILES string of the molecule is CCCOCCCNC(=O)c1cccc(C)c1F. The topological polar surface area (TPSA) is 38.3 Å². The number of benzene rings is 1. The Morgan fingerprint density at radius 1 is 1.39 bits per heavy atom. The van der Waals surface area contributed by atoms with Crippen LogP contribution in [0.4, 0.5) is 4.39 Å². The lowest BCUT2D eigenvalue weighted by Crippen LogP contribution is -2.26. The Bertz CT molecular complexity index is 393. The molecule has 0 atom stereocenters. The van der Waals surface area contributed by atoms with Crippen molar-refractivity contribution in [1.82, 2.24) is 5.32 Å². The molecule has 100 valence electrons.